The van der Waals surface area contributed by atoms with E-state index in [0.29, 0.717) is 34.6 Å². The van der Waals surface area contributed by atoms with Gasteiger partial charge in [-0.05, 0) is 37.6 Å². The van der Waals surface area contributed by atoms with E-state index >= 15 is 0 Å². The van der Waals surface area contributed by atoms with Gasteiger partial charge < -0.3 is 9.84 Å². The van der Waals surface area contributed by atoms with Crippen molar-refractivity contribution in [2.24, 2.45) is 0 Å². The molecular formula is C24H24N4O4S. The molecule has 170 valence electrons. The maximum Gasteiger partial charge on any atom is 0.259 e. The summed E-state index contributed by atoms with van der Waals surface area (Å²) in [7, 11) is -3.67. The lowest BCUT2D eigenvalue weighted by Crippen LogP contribution is -2.24. The van der Waals surface area contributed by atoms with E-state index in [4.69, 9.17) is 4.52 Å². The Morgan fingerprint density at radius 1 is 1.06 bits per heavy atom. The predicted octanol–water partition coefficient (Wildman–Crippen LogP) is 4.53. The van der Waals surface area contributed by atoms with Crippen molar-refractivity contribution in [3.63, 3.8) is 0 Å². The van der Waals surface area contributed by atoms with Gasteiger partial charge in [-0.1, -0.05) is 54.9 Å². The molecule has 0 spiro atoms. The molecule has 4 rings (SSSR count). The van der Waals surface area contributed by atoms with E-state index in [0.717, 1.165) is 18.4 Å². The Labute approximate surface area is 192 Å². The van der Waals surface area contributed by atoms with Crippen LogP contribution in [0.4, 0.5) is 5.69 Å². The third-order valence-electron chi connectivity index (χ3n) is 5.16. The molecule has 0 radical (unpaired) electrons. The fourth-order valence-electron chi connectivity index (χ4n) is 3.44. The summed E-state index contributed by atoms with van der Waals surface area (Å²) in [6, 6.07) is 17.3. The van der Waals surface area contributed by atoms with Crippen molar-refractivity contribution in [2.45, 2.75) is 31.6 Å². The van der Waals surface area contributed by atoms with Gasteiger partial charge in [-0.3, -0.25) is 4.79 Å². The minimum atomic E-state index is -3.67. The standard InChI is InChI=1S/C24H24N4O4S/c1-3-4-13-25-33(30,31)19-12-8-11-18(14-19)26-23(29)20-15-21(17-9-6-5-7-10-17)27-24-22(20)16(2)28-32-24/h5-12,14-15,25H,3-4,13H2,1-2H3,(H,26,29). The third-order valence-corrected chi connectivity index (χ3v) is 6.61. The van der Waals surface area contributed by atoms with E-state index in [2.05, 4.69) is 20.2 Å². The Morgan fingerprint density at radius 2 is 1.85 bits per heavy atom. The highest BCUT2D eigenvalue weighted by molar-refractivity contribution is 7.89. The van der Waals surface area contributed by atoms with Crippen LogP contribution in [-0.4, -0.2) is 31.0 Å². The normalized spacial score (nSPS) is 11.6. The lowest BCUT2D eigenvalue weighted by molar-refractivity contribution is 0.102. The molecule has 1 amide bonds. The van der Waals surface area contributed by atoms with E-state index in [1.165, 1.54) is 12.1 Å². The number of carbonyl (C=O) groups excluding carboxylic acids is 1. The molecule has 0 aliphatic carbocycles. The van der Waals surface area contributed by atoms with Crippen LogP contribution in [0.3, 0.4) is 0 Å². The molecule has 0 fully saturated rings. The number of sulfonamides is 1. The maximum absolute atomic E-state index is 13.3. The molecule has 0 saturated heterocycles. The first-order chi connectivity index (χ1) is 15.9. The van der Waals surface area contributed by atoms with Crippen LogP contribution in [-0.2, 0) is 10.0 Å². The monoisotopic (exact) mass is 464 g/mol. The van der Waals surface area contributed by atoms with Crippen LogP contribution >= 0.6 is 0 Å². The zero-order valence-corrected chi connectivity index (χ0v) is 19.1. The average molecular weight is 465 g/mol. The van der Waals surface area contributed by atoms with Gasteiger partial charge in [-0.2, -0.15) is 0 Å². The Balaban J connectivity index is 1.67. The van der Waals surface area contributed by atoms with Gasteiger partial charge in [0.1, 0.15) is 0 Å². The van der Waals surface area contributed by atoms with Crippen molar-refractivity contribution >= 4 is 32.7 Å². The van der Waals surface area contributed by atoms with Gasteiger partial charge in [0.15, 0.2) is 0 Å². The summed E-state index contributed by atoms with van der Waals surface area (Å²) in [4.78, 5) is 17.8. The van der Waals surface area contributed by atoms with Gasteiger partial charge in [0, 0.05) is 17.8 Å². The molecule has 4 aromatic rings. The molecule has 0 aliphatic heterocycles. The number of nitrogens with zero attached hydrogens (tertiary/aromatic N) is 2. The highest BCUT2D eigenvalue weighted by Gasteiger charge is 2.20. The summed E-state index contributed by atoms with van der Waals surface area (Å²) in [5, 5.41) is 7.27. The second kappa shape index (κ2) is 9.51. The van der Waals surface area contributed by atoms with E-state index in [9.17, 15) is 13.2 Å². The third kappa shape index (κ3) is 4.94. The van der Waals surface area contributed by atoms with Crippen molar-refractivity contribution in [1.29, 1.82) is 0 Å². The van der Waals surface area contributed by atoms with Gasteiger partial charge in [0.2, 0.25) is 10.0 Å². The largest absolute Gasteiger partial charge is 0.335 e. The van der Waals surface area contributed by atoms with E-state index in [1.807, 2.05) is 37.3 Å². The quantitative estimate of drug-likeness (QED) is 0.370. The summed E-state index contributed by atoms with van der Waals surface area (Å²) in [6.45, 7) is 4.09. The summed E-state index contributed by atoms with van der Waals surface area (Å²) < 4.78 is 33.0. The van der Waals surface area contributed by atoms with Crippen LogP contribution in [0.25, 0.3) is 22.4 Å². The number of rotatable bonds is 8. The summed E-state index contributed by atoms with van der Waals surface area (Å²) in [5.41, 5.74) is 2.90. The smallest absolute Gasteiger partial charge is 0.259 e. The lowest BCUT2D eigenvalue weighted by atomic mass is 10.1. The minimum absolute atomic E-state index is 0.0856. The molecule has 0 bridgehead atoms. The number of benzene rings is 2. The number of fused-ring (bicyclic) bond motifs is 1. The van der Waals surface area contributed by atoms with Gasteiger partial charge in [-0.15, -0.1) is 0 Å². The number of aromatic nitrogens is 2. The van der Waals surface area contributed by atoms with Gasteiger partial charge >= 0.3 is 0 Å². The van der Waals surface area contributed by atoms with E-state index < -0.39 is 15.9 Å². The van der Waals surface area contributed by atoms with Crippen molar-refractivity contribution in [3.8, 4) is 11.3 Å². The van der Waals surface area contributed by atoms with E-state index in [-0.39, 0.29) is 10.6 Å². The second-order valence-electron chi connectivity index (χ2n) is 7.60. The Hall–Kier alpha value is -3.56. The lowest BCUT2D eigenvalue weighted by Gasteiger charge is -2.10. The minimum Gasteiger partial charge on any atom is -0.335 e. The molecule has 0 saturated carbocycles. The molecule has 2 aromatic carbocycles. The molecule has 2 aromatic heterocycles. The molecule has 0 atom stereocenters. The van der Waals surface area contributed by atoms with Crippen LogP contribution in [0.5, 0.6) is 0 Å². The fraction of sp³-hybridized carbons (Fsp3) is 0.208. The van der Waals surface area contributed by atoms with Crippen molar-refractivity contribution in [1.82, 2.24) is 14.9 Å². The zero-order valence-electron chi connectivity index (χ0n) is 18.3. The fourth-order valence-corrected chi connectivity index (χ4v) is 4.56. The number of aryl methyl sites for hydroxylation is 1. The molecule has 0 aliphatic rings. The summed E-state index contributed by atoms with van der Waals surface area (Å²) in [5.74, 6) is -0.417. The number of carbonyl (C=O) groups is 1. The number of nitrogens with one attached hydrogen (secondary N) is 2. The highest BCUT2D eigenvalue weighted by atomic mass is 32.2. The van der Waals surface area contributed by atoms with Crippen molar-refractivity contribution < 1.29 is 17.7 Å². The SMILES string of the molecule is CCCCNS(=O)(=O)c1cccc(NC(=O)c2cc(-c3ccccc3)nc3onc(C)c23)c1. The van der Waals surface area contributed by atoms with Gasteiger partial charge in [-0.25, -0.2) is 18.1 Å². The van der Waals surface area contributed by atoms with E-state index in [1.54, 1.807) is 25.1 Å². The molecule has 2 N–H and O–H groups in total. The molecule has 8 nitrogen and oxygen atoms in total. The Morgan fingerprint density at radius 3 is 2.61 bits per heavy atom. The number of hydrogen-bond donors (Lipinski definition) is 2. The van der Waals surface area contributed by atoms with Crippen LogP contribution in [0.15, 0.2) is 70.1 Å². The molecule has 9 heteroatoms. The highest BCUT2D eigenvalue weighted by Crippen LogP contribution is 2.28. The average Bonchev–Trinajstić information content (AvgIpc) is 3.20. The number of unbranched alkanes of at least 4 members (excludes halogenated alkanes) is 1. The van der Waals surface area contributed by atoms with Gasteiger partial charge in [0.25, 0.3) is 11.6 Å². The first kappa shape index (κ1) is 22.6. The van der Waals surface area contributed by atoms with Crippen LogP contribution in [0, 0.1) is 6.92 Å². The van der Waals surface area contributed by atoms with Crippen LogP contribution in [0.2, 0.25) is 0 Å². The van der Waals surface area contributed by atoms with Crippen molar-refractivity contribution in [3.05, 3.63) is 71.9 Å². The second-order valence-corrected chi connectivity index (χ2v) is 9.37. The summed E-state index contributed by atoms with van der Waals surface area (Å²) >= 11 is 0. The number of hydrogen-bond acceptors (Lipinski definition) is 6. The molecular weight excluding hydrogens is 440 g/mol. The first-order valence-corrected chi connectivity index (χ1v) is 12.1. The molecule has 2 heterocycles. The van der Waals surface area contributed by atoms with Crippen LogP contribution in [0.1, 0.15) is 35.8 Å². The van der Waals surface area contributed by atoms with Crippen molar-refractivity contribution in [2.75, 3.05) is 11.9 Å². The topological polar surface area (TPSA) is 114 Å². The molecule has 0 unspecified atom stereocenters. The molecule has 33 heavy (non-hydrogen) atoms. The number of pyridine rings is 1. The Kier molecular flexibility index (Phi) is 6.52. The van der Waals surface area contributed by atoms with Crippen LogP contribution < -0.4 is 10.0 Å². The number of anilines is 1. The predicted molar refractivity (Wildman–Crippen MR) is 126 cm³/mol. The summed E-state index contributed by atoms with van der Waals surface area (Å²) in [6.07, 6.45) is 1.63. The zero-order chi connectivity index (χ0) is 23.4. The first-order valence-electron chi connectivity index (χ1n) is 10.6. The number of amides is 1. The maximum atomic E-state index is 13.3. The Bertz CT molecular complexity index is 1400. The van der Waals surface area contributed by atoms with Gasteiger partial charge in [0.05, 0.1) is 27.2 Å².